The largest absolute Gasteiger partial charge is 0.442 e. The molecule has 0 aromatic rings. The Kier molecular flexibility index (Phi) is 6.18. The van der Waals surface area contributed by atoms with Gasteiger partial charge in [0.05, 0.1) is 0 Å². The van der Waals surface area contributed by atoms with Crippen LogP contribution in [-0.4, -0.2) is 13.1 Å². The molecule has 0 aromatic carbocycles. The van der Waals surface area contributed by atoms with Crippen LogP contribution >= 0.6 is 0 Å². The van der Waals surface area contributed by atoms with Gasteiger partial charge in [-0.25, -0.2) is 13.2 Å². The lowest BCUT2D eigenvalue weighted by Gasteiger charge is -1.97. The first-order valence-corrected chi connectivity index (χ1v) is 1.89. The quantitative estimate of drug-likeness (QED) is 0.485. The van der Waals surface area contributed by atoms with Crippen LogP contribution in [0.1, 0.15) is 0 Å². The summed E-state index contributed by atoms with van der Waals surface area (Å²) in [7, 11) is 0. The van der Waals surface area contributed by atoms with Crippen molar-refractivity contribution in [2.75, 3.05) is 6.93 Å². The maximum atomic E-state index is 10.9. The molecule has 0 heterocycles. The summed E-state index contributed by atoms with van der Waals surface area (Å²) < 4.78 is 62.2. The molecule has 0 spiro atoms. The summed E-state index contributed by atoms with van der Waals surface area (Å²) in [5.41, 5.74) is 0. The van der Waals surface area contributed by atoms with E-state index in [4.69, 9.17) is 0 Å². The Balaban J connectivity index is 0. The maximum absolute atomic E-state index is 10.9. The summed E-state index contributed by atoms with van der Waals surface area (Å²) in [6, 6.07) is 0. The standard InChI is InChI=1S/C3H2F4.CH2F2/c1-2(4)3(5,6)7;2-1-3/h1H2;1H2. The van der Waals surface area contributed by atoms with Crippen LogP contribution in [0.2, 0.25) is 0 Å². The number of hydrogen-bond acceptors (Lipinski definition) is 0. The molecule has 0 amide bonds. The number of hydrogen-bond donors (Lipinski definition) is 0. The van der Waals surface area contributed by atoms with Gasteiger partial charge in [0.15, 0.2) is 5.83 Å². The van der Waals surface area contributed by atoms with Crippen LogP contribution in [0.4, 0.5) is 26.3 Å². The average Bonchev–Trinajstić information content (AvgIpc) is 1.64. The molecule has 0 bridgehead atoms. The predicted molar refractivity (Wildman–Crippen MR) is 23.4 cm³/mol. The van der Waals surface area contributed by atoms with Gasteiger partial charge in [0, 0.05) is 0 Å². The molecule has 0 aliphatic carbocycles. The highest BCUT2D eigenvalue weighted by Gasteiger charge is 2.32. The van der Waals surface area contributed by atoms with Gasteiger partial charge in [-0.3, -0.25) is 0 Å². The fourth-order valence-corrected chi connectivity index (χ4v) is 0. The molecule has 10 heavy (non-hydrogen) atoms. The molecule has 0 atom stereocenters. The number of allylic oxidation sites excluding steroid dienone is 1. The second kappa shape index (κ2) is 5.13. The lowest BCUT2D eigenvalue weighted by molar-refractivity contribution is -0.108. The maximum Gasteiger partial charge on any atom is 0.442 e. The third kappa shape index (κ3) is 10.3. The molecule has 0 nitrogen and oxygen atoms in total. The molecule has 0 rings (SSSR count). The molecule has 62 valence electrons. The van der Waals surface area contributed by atoms with Crippen LogP contribution in [0.15, 0.2) is 12.4 Å². The van der Waals surface area contributed by atoms with Gasteiger partial charge >= 0.3 is 6.18 Å². The van der Waals surface area contributed by atoms with E-state index in [2.05, 4.69) is 0 Å². The van der Waals surface area contributed by atoms with Crippen molar-refractivity contribution < 1.29 is 26.3 Å². The Morgan fingerprint density at radius 2 is 1.30 bits per heavy atom. The van der Waals surface area contributed by atoms with E-state index < -0.39 is 18.9 Å². The Hall–Kier alpha value is -0.680. The zero-order chi connectivity index (χ0) is 8.78. The number of rotatable bonds is 0. The van der Waals surface area contributed by atoms with Crippen molar-refractivity contribution in [3.8, 4) is 0 Å². The lowest BCUT2D eigenvalue weighted by atomic mass is 10.6. The topological polar surface area (TPSA) is 0 Å². The van der Waals surface area contributed by atoms with Crippen LogP contribution in [0.25, 0.3) is 0 Å². The van der Waals surface area contributed by atoms with Gasteiger partial charge in [0.25, 0.3) is 0 Å². The van der Waals surface area contributed by atoms with E-state index in [-0.39, 0.29) is 0 Å². The van der Waals surface area contributed by atoms with Crippen molar-refractivity contribution in [3.05, 3.63) is 12.4 Å². The minimum Gasteiger partial charge on any atom is -0.214 e. The molecule has 0 radical (unpaired) electrons. The van der Waals surface area contributed by atoms with Crippen molar-refractivity contribution in [3.63, 3.8) is 0 Å². The molecule has 0 aromatic heterocycles. The highest BCUT2D eigenvalue weighted by molar-refractivity contribution is 4.88. The highest BCUT2D eigenvalue weighted by atomic mass is 19.4. The first kappa shape index (κ1) is 12.0. The summed E-state index contributed by atoms with van der Waals surface area (Å²) >= 11 is 0. The third-order valence-corrected chi connectivity index (χ3v) is 0.308. The van der Waals surface area contributed by atoms with Crippen LogP contribution in [-0.2, 0) is 0 Å². The van der Waals surface area contributed by atoms with E-state index in [1.54, 1.807) is 0 Å². The van der Waals surface area contributed by atoms with Gasteiger partial charge in [0.1, 0.15) is 0 Å². The van der Waals surface area contributed by atoms with Crippen molar-refractivity contribution in [1.29, 1.82) is 0 Å². The molecule has 0 aliphatic rings. The summed E-state index contributed by atoms with van der Waals surface area (Å²) in [6.07, 6.45) is -4.86. The van der Waals surface area contributed by atoms with Crippen LogP contribution in [0.5, 0.6) is 0 Å². The molecule has 0 fully saturated rings. The first-order valence-electron chi connectivity index (χ1n) is 1.89. The van der Waals surface area contributed by atoms with Crippen molar-refractivity contribution >= 4 is 0 Å². The van der Waals surface area contributed by atoms with Crippen molar-refractivity contribution in [1.82, 2.24) is 0 Å². The van der Waals surface area contributed by atoms with E-state index in [0.717, 1.165) is 0 Å². The first-order chi connectivity index (χ1) is 4.36. The number of alkyl halides is 5. The van der Waals surface area contributed by atoms with Crippen LogP contribution < -0.4 is 0 Å². The van der Waals surface area contributed by atoms with E-state index in [9.17, 15) is 26.3 Å². The Morgan fingerprint density at radius 1 is 1.20 bits per heavy atom. The second-order valence-electron chi connectivity index (χ2n) is 1.00. The van der Waals surface area contributed by atoms with E-state index in [0.29, 0.717) is 0 Å². The van der Waals surface area contributed by atoms with Crippen LogP contribution in [0, 0.1) is 0 Å². The monoisotopic (exact) mass is 166 g/mol. The highest BCUT2D eigenvalue weighted by Crippen LogP contribution is 2.23. The van der Waals surface area contributed by atoms with Gasteiger partial charge in [-0.2, -0.15) is 13.2 Å². The van der Waals surface area contributed by atoms with Crippen molar-refractivity contribution in [2.24, 2.45) is 0 Å². The molecule has 6 heteroatoms. The normalized spacial score (nSPS) is 9.80. The average molecular weight is 166 g/mol. The zero-order valence-electron chi connectivity index (χ0n) is 4.68. The molecule has 0 saturated heterocycles. The molecular weight excluding hydrogens is 162 g/mol. The minimum absolute atomic E-state index is 1.75. The van der Waals surface area contributed by atoms with E-state index in [1.807, 2.05) is 6.58 Å². The smallest absolute Gasteiger partial charge is 0.214 e. The summed E-state index contributed by atoms with van der Waals surface area (Å²) in [4.78, 5) is 0. The predicted octanol–water partition coefficient (Wildman–Crippen LogP) is 2.91. The lowest BCUT2D eigenvalue weighted by Crippen LogP contribution is -2.05. The molecule has 0 N–H and O–H groups in total. The Morgan fingerprint density at radius 3 is 1.30 bits per heavy atom. The molecule has 0 unspecified atom stereocenters. The molecule has 0 aliphatic heterocycles. The molecular formula is C4H4F6. The minimum atomic E-state index is -4.86. The second-order valence-corrected chi connectivity index (χ2v) is 1.00. The summed E-state index contributed by atoms with van der Waals surface area (Å²) in [5, 5.41) is 0. The summed E-state index contributed by atoms with van der Waals surface area (Å²) in [6.45, 7) is 0.285. The van der Waals surface area contributed by atoms with Gasteiger partial charge < -0.3 is 0 Å². The molecule has 0 saturated carbocycles. The van der Waals surface area contributed by atoms with Gasteiger partial charge in [-0.15, -0.1) is 0 Å². The number of halogens is 6. The Labute approximate surface area is 53.1 Å². The Bertz CT molecular complexity index is 92.4. The fraction of sp³-hybridized carbons (Fsp3) is 0.500. The zero-order valence-corrected chi connectivity index (χ0v) is 4.68. The fourth-order valence-electron chi connectivity index (χ4n) is 0. The SMILES string of the molecule is C=C(F)C(F)(F)F.FCF. The van der Waals surface area contributed by atoms with Crippen LogP contribution in [0.3, 0.4) is 0 Å². The van der Waals surface area contributed by atoms with Gasteiger partial charge in [0.2, 0.25) is 6.93 Å². The van der Waals surface area contributed by atoms with E-state index >= 15 is 0 Å². The third-order valence-electron chi connectivity index (χ3n) is 0.308. The van der Waals surface area contributed by atoms with Gasteiger partial charge in [-0.05, 0) is 0 Å². The summed E-state index contributed by atoms with van der Waals surface area (Å²) in [5.74, 6) is -2.26. The van der Waals surface area contributed by atoms with Gasteiger partial charge in [-0.1, -0.05) is 6.58 Å². The van der Waals surface area contributed by atoms with E-state index in [1.165, 1.54) is 0 Å². The van der Waals surface area contributed by atoms with Crippen molar-refractivity contribution in [2.45, 2.75) is 6.18 Å².